The number of hydrogen-bond donors (Lipinski definition) is 1. The average molecular weight is 319 g/mol. The van der Waals surface area contributed by atoms with E-state index in [4.69, 9.17) is 9.47 Å². The molecule has 118 valence electrons. The van der Waals surface area contributed by atoms with E-state index in [9.17, 15) is 17.9 Å². The number of rotatable bonds is 4. The largest absolute Gasteiger partial charge is 0.493 e. The first kappa shape index (κ1) is 16.0. The predicted molar refractivity (Wildman–Crippen MR) is 73.5 cm³/mol. The standard InChI is InChI=1S/C13H18FNO5S/c1-19-11-6-10(14)13(7-12(11)20-2)21(17,18)15-5-3-4-9(16)8-15/h6-7,9,16H,3-5,8H2,1-2H3/t9-/m0/s1. The van der Waals surface area contributed by atoms with Crippen molar-refractivity contribution < 1.29 is 27.4 Å². The van der Waals surface area contributed by atoms with Gasteiger partial charge in [-0.25, -0.2) is 12.8 Å². The van der Waals surface area contributed by atoms with E-state index in [1.807, 2.05) is 0 Å². The van der Waals surface area contributed by atoms with Crippen molar-refractivity contribution in [2.24, 2.45) is 0 Å². The lowest BCUT2D eigenvalue weighted by atomic mass is 10.1. The Bertz CT molecular complexity index is 619. The van der Waals surface area contributed by atoms with Crippen LogP contribution in [0.25, 0.3) is 0 Å². The van der Waals surface area contributed by atoms with Gasteiger partial charge in [0.2, 0.25) is 10.0 Å². The number of sulfonamides is 1. The summed E-state index contributed by atoms with van der Waals surface area (Å²) >= 11 is 0. The molecule has 1 saturated heterocycles. The topological polar surface area (TPSA) is 76.1 Å². The molecule has 21 heavy (non-hydrogen) atoms. The van der Waals surface area contributed by atoms with Gasteiger partial charge in [0.15, 0.2) is 11.5 Å². The lowest BCUT2D eigenvalue weighted by Crippen LogP contribution is -2.42. The van der Waals surface area contributed by atoms with Crippen molar-refractivity contribution in [3.05, 3.63) is 17.9 Å². The average Bonchev–Trinajstić information content (AvgIpc) is 2.46. The molecule has 0 spiro atoms. The monoisotopic (exact) mass is 319 g/mol. The van der Waals surface area contributed by atoms with Crippen LogP contribution in [-0.4, -0.2) is 51.2 Å². The van der Waals surface area contributed by atoms with E-state index in [2.05, 4.69) is 0 Å². The molecule has 1 fully saturated rings. The highest BCUT2D eigenvalue weighted by Gasteiger charge is 2.32. The first-order valence-electron chi connectivity index (χ1n) is 6.50. The number of piperidine rings is 1. The molecule has 1 aromatic carbocycles. The number of hydrogen-bond acceptors (Lipinski definition) is 5. The number of β-amino-alcohol motifs (C(OH)–C–C–N with tert-alkyl or cyclic N) is 1. The van der Waals surface area contributed by atoms with Crippen LogP contribution in [0.5, 0.6) is 11.5 Å². The minimum absolute atomic E-state index is 0.0316. The molecule has 0 aliphatic carbocycles. The van der Waals surface area contributed by atoms with Crippen molar-refractivity contribution in [3.63, 3.8) is 0 Å². The van der Waals surface area contributed by atoms with Crippen LogP contribution >= 0.6 is 0 Å². The summed E-state index contributed by atoms with van der Waals surface area (Å²) in [6.07, 6.45) is 0.354. The smallest absolute Gasteiger partial charge is 0.246 e. The molecule has 0 radical (unpaired) electrons. The van der Waals surface area contributed by atoms with Crippen LogP contribution in [0.4, 0.5) is 4.39 Å². The van der Waals surface area contributed by atoms with Crippen LogP contribution in [0.15, 0.2) is 17.0 Å². The maximum Gasteiger partial charge on any atom is 0.246 e. The van der Waals surface area contributed by atoms with E-state index in [-0.39, 0.29) is 24.6 Å². The maximum atomic E-state index is 14.1. The lowest BCUT2D eigenvalue weighted by molar-refractivity contribution is 0.108. The van der Waals surface area contributed by atoms with Crippen LogP contribution < -0.4 is 9.47 Å². The highest BCUT2D eigenvalue weighted by molar-refractivity contribution is 7.89. The molecule has 0 unspecified atom stereocenters. The van der Waals surface area contributed by atoms with Gasteiger partial charge in [-0.1, -0.05) is 0 Å². The SMILES string of the molecule is COc1cc(F)c(S(=O)(=O)N2CCC[C@H](O)C2)cc1OC. The summed E-state index contributed by atoms with van der Waals surface area (Å²) in [5.74, 6) is -0.657. The zero-order valence-corrected chi connectivity index (χ0v) is 12.7. The molecule has 1 atom stereocenters. The first-order valence-corrected chi connectivity index (χ1v) is 7.94. The molecule has 1 aromatic rings. The Kier molecular flexibility index (Phi) is 4.70. The summed E-state index contributed by atoms with van der Waals surface area (Å²) in [5, 5.41) is 9.60. The number of aliphatic hydroxyl groups is 1. The number of nitrogens with zero attached hydrogens (tertiary/aromatic N) is 1. The zero-order chi connectivity index (χ0) is 15.6. The number of halogens is 1. The summed E-state index contributed by atoms with van der Waals surface area (Å²) in [4.78, 5) is -0.478. The predicted octanol–water partition coefficient (Wildman–Crippen LogP) is 0.988. The molecule has 0 aromatic heterocycles. The van der Waals surface area contributed by atoms with Crippen molar-refractivity contribution in [2.75, 3.05) is 27.3 Å². The van der Waals surface area contributed by atoms with Crippen LogP contribution in [0, 0.1) is 5.82 Å². The van der Waals surface area contributed by atoms with Gasteiger partial charge in [0.1, 0.15) is 10.7 Å². The van der Waals surface area contributed by atoms with E-state index in [0.29, 0.717) is 12.8 Å². The van der Waals surface area contributed by atoms with Gasteiger partial charge in [-0.3, -0.25) is 0 Å². The fourth-order valence-corrected chi connectivity index (χ4v) is 3.89. The number of benzene rings is 1. The Labute approximate surface area is 123 Å². The molecule has 8 heteroatoms. The molecule has 2 rings (SSSR count). The van der Waals surface area contributed by atoms with Gasteiger partial charge in [0, 0.05) is 25.2 Å². The molecule has 0 bridgehead atoms. The van der Waals surface area contributed by atoms with E-state index in [1.54, 1.807) is 0 Å². The van der Waals surface area contributed by atoms with Gasteiger partial charge in [-0.15, -0.1) is 0 Å². The Morgan fingerprint density at radius 2 is 1.90 bits per heavy atom. The number of aliphatic hydroxyl groups excluding tert-OH is 1. The summed E-state index contributed by atoms with van der Waals surface area (Å²) in [7, 11) is -1.34. The Hall–Kier alpha value is -1.38. The molecular formula is C13H18FNO5S. The molecule has 1 N–H and O–H groups in total. The Balaban J connectivity index is 2.44. The molecule has 0 amide bonds. The summed E-state index contributed by atoms with van der Waals surface area (Å²) in [6.45, 7) is 0.225. The molecule has 0 saturated carbocycles. The third-order valence-electron chi connectivity index (χ3n) is 3.42. The van der Waals surface area contributed by atoms with E-state index >= 15 is 0 Å². The first-order chi connectivity index (χ1) is 9.90. The Morgan fingerprint density at radius 1 is 1.29 bits per heavy atom. The van der Waals surface area contributed by atoms with Crippen molar-refractivity contribution in [1.29, 1.82) is 0 Å². The lowest BCUT2D eigenvalue weighted by Gasteiger charge is -2.29. The van der Waals surface area contributed by atoms with Crippen molar-refractivity contribution in [3.8, 4) is 11.5 Å². The van der Waals surface area contributed by atoms with Crippen LogP contribution in [-0.2, 0) is 10.0 Å². The van der Waals surface area contributed by atoms with Gasteiger partial charge in [0.25, 0.3) is 0 Å². The minimum Gasteiger partial charge on any atom is -0.493 e. The van der Waals surface area contributed by atoms with Crippen LogP contribution in [0.3, 0.4) is 0 Å². The molecule has 6 nitrogen and oxygen atoms in total. The van der Waals surface area contributed by atoms with Crippen molar-refractivity contribution in [2.45, 2.75) is 23.8 Å². The van der Waals surface area contributed by atoms with Gasteiger partial charge in [-0.05, 0) is 12.8 Å². The zero-order valence-electron chi connectivity index (χ0n) is 11.9. The minimum atomic E-state index is -4.02. The van der Waals surface area contributed by atoms with Crippen LogP contribution in [0.2, 0.25) is 0 Å². The van der Waals surface area contributed by atoms with E-state index < -0.39 is 26.8 Å². The fraction of sp³-hybridized carbons (Fsp3) is 0.538. The summed E-state index contributed by atoms with van der Waals surface area (Å²) in [6, 6.07) is 2.08. The molecule has 1 aliphatic rings. The van der Waals surface area contributed by atoms with Gasteiger partial charge < -0.3 is 14.6 Å². The molecule has 1 aliphatic heterocycles. The third-order valence-corrected chi connectivity index (χ3v) is 5.30. The van der Waals surface area contributed by atoms with Gasteiger partial charge in [-0.2, -0.15) is 4.31 Å². The highest BCUT2D eigenvalue weighted by atomic mass is 32.2. The normalized spacial score (nSPS) is 20.3. The summed E-state index contributed by atoms with van der Waals surface area (Å²) < 4.78 is 50.1. The van der Waals surface area contributed by atoms with Crippen molar-refractivity contribution in [1.82, 2.24) is 4.31 Å². The van der Waals surface area contributed by atoms with E-state index in [0.717, 1.165) is 16.4 Å². The highest BCUT2D eigenvalue weighted by Crippen LogP contribution is 2.33. The molecular weight excluding hydrogens is 301 g/mol. The number of methoxy groups -OCH3 is 2. The summed E-state index contributed by atoms with van der Waals surface area (Å²) in [5.41, 5.74) is 0. The maximum absolute atomic E-state index is 14.1. The number of ether oxygens (including phenoxy) is 2. The second-order valence-electron chi connectivity index (χ2n) is 4.80. The van der Waals surface area contributed by atoms with Gasteiger partial charge >= 0.3 is 0 Å². The third kappa shape index (κ3) is 3.12. The second kappa shape index (κ2) is 6.17. The fourth-order valence-electron chi connectivity index (χ4n) is 2.31. The Morgan fingerprint density at radius 3 is 2.48 bits per heavy atom. The van der Waals surface area contributed by atoms with E-state index in [1.165, 1.54) is 14.2 Å². The molecule has 1 heterocycles. The second-order valence-corrected chi connectivity index (χ2v) is 6.70. The van der Waals surface area contributed by atoms with Gasteiger partial charge in [0.05, 0.1) is 20.3 Å². The van der Waals surface area contributed by atoms with Crippen LogP contribution in [0.1, 0.15) is 12.8 Å². The van der Waals surface area contributed by atoms with Crippen molar-refractivity contribution >= 4 is 10.0 Å². The quantitative estimate of drug-likeness (QED) is 0.895.